The molecule has 0 aliphatic heterocycles. The molecule has 5 heteroatoms. The Bertz CT molecular complexity index is 1290. The standard InChI is InChI=1S/C27H24FNO3/c1-3-4-14-32-26-17(2)20(18-8-6-5-7-9-18)11-12-21(26)25-16-23(27(30)31)22-15-19(28)10-13-24(22)29-25/h5-13,15-16H,3-4,14H2,1-2H3,(H,30,31). The number of rotatable bonds is 7. The largest absolute Gasteiger partial charge is 0.493 e. The van der Waals surface area contributed by atoms with Crippen molar-refractivity contribution in [3.63, 3.8) is 0 Å². The first-order valence-electron chi connectivity index (χ1n) is 10.7. The number of carboxylic acid groups (broad SMARTS) is 1. The average molecular weight is 429 g/mol. The minimum atomic E-state index is -1.13. The number of aromatic nitrogens is 1. The number of halogens is 1. The number of carbonyl (C=O) groups is 1. The molecule has 0 atom stereocenters. The molecular weight excluding hydrogens is 405 g/mol. The summed E-state index contributed by atoms with van der Waals surface area (Å²) in [5.74, 6) is -0.943. The van der Waals surface area contributed by atoms with Gasteiger partial charge in [0.25, 0.3) is 0 Å². The molecule has 0 spiro atoms. The van der Waals surface area contributed by atoms with Crippen molar-refractivity contribution in [1.82, 2.24) is 4.98 Å². The number of ether oxygens (including phenoxy) is 1. The summed E-state index contributed by atoms with van der Waals surface area (Å²) >= 11 is 0. The first-order valence-corrected chi connectivity index (χ1v) is 10.7. The van der Waals surface area contributed by atoms with E-state index in [1.54, 1.807) is 0 Å². The Labute approximate surface area is 186 Å². The third-order valence-corrected chi connectivity index (χ3v) is 5.51. The van der Waals surface area contributed by atoms with E-state index in [0.717, 1.165) is 29.5 Å². The maximum atomic E-state index is 13.8. The SMILES string of the molecule is CCCCOc1c(-c2cc(C(=O)O)c3cc(F)ccc3n2)ccc(-c2ccccc2)c1C. The van der Waals surface area contributed by atoms with Gasteiger partial charge in [-0.25, -0.2) is 14.2 Å². The van der Waals surface area contributed by atoms with Crippen molar-refractivity contribution in [2.75, 3.05) is 6.61 Å². The molecule has 4 nitrogen and oxygen atoms in total. The van der Waals surface area contributed by atoms with Gasteiger partial charge in [-0.3, -0.25) is 0 Å². The first-order chi connectivity index (χ1) is 15.5. The third-order valence-electron chi connectivity index (χ3n) is 5.51. The van der Waals surface area contributed by atoms with E-state index < -0.39 is 11.8 Å². The van der Waals surface area contributed by atoms with Gasteiger partial charge in [-0.15, -0.1) is 0 Å². The number of fused-ring (bicyclic) bond motifs is 1. The lowest BCUT2D eigenvalue weighted by Gasteiger charge is -2.18. The van der Waals surface area contributed by atoms with Gasteiger partial charge in [-0.2, -0.15) is 0 Å². The number of aromatic carboxylic acids is 1. The average Bonchev–Trinajstić information content (AvgIpc) is 2.80. The number of unbranched alkanes of at least 4 members (excludes halogenated alkanes) is 1. The van der Waals surface area contributed by atoms with E-state index in [-0.39, 0.29) is 10.9 Å². The molecule has 32 heavy (non-hydrogen) atoms. The van der Waals surface area contributed by atoms with Crippen LogP contribution in [0.5, 0.6) is 5.75 Å². The van der Waals surface area contributed by atoms with E-state index in [2.05, 4.69) is 11.9 Å². The zero-order valence-corrected chi connectivity index (χ0v) is 18.1. The fourth-order valence-corrected chi connectivity index (χ4v) is 3.84. The number of hydrogen-bond acceptors (Lipinski definition) is 3. The quantitative estimate of drug-likeness (QED) is 0.325. The van der Waals surface area contributed by atoms with Gasteiger partial charge in [0.15, 0.2) is 0 Å². The highest BCUT2D eigenvalue weighted by atomic mass is 19.1. The van der Waals surface area contributed by atoms with Crippen molar-refractivity contribution in [1.29, 1.82) is 0 Å². The van der Waals surface area contributed by atoms with E-state index >= 15 is 0 Å². The molecular formula is C27H24FNO3. The summed E-state index contributed by atoms with van der Waals surface area (Å²) in [7, 11) is 0. The van der Waals surface area contributed by atoms with E-state index in [4.69, 9.17) is 4.74 Å². The van der Waals surface area contributed by atoms with Crippen molar-refractivity contribution < 1.29 is 19.0 Å². The van der Waals surface area contributed by atoms with Gasteiger partial charge in [0.2, 0.25) is 0 Å². The predicted octanol–water partition coefficient (Wildman–Crippen LogP) is 6.89. The zero-order chi connectivity index (χ0) is 22.7. The molecule has 162 valence electrons. The number of benzene rings is 3. The number of pyridine rings is 1. The van der Waals surface area contributed by atoms with Crippen LogP contribution in [0, 0.1) is 12.7 Å². The zero-order valence-electron chi connectivity index (χ0n) is 18.1. The lowest BCUT2D eigenvalue weighted by molar-refractivity contribution is 0.0699. The lowest BCUT2D eigenvalue weighted by atomic mass is 9.95. The second-order valence-corrected chi connectivity index (χ2v) is 7.70. The van der Waals surface area contributed by atoms with Crippen LogP contribution in [0.1, 0.15) is 35.7 Å². The molecule has 4 aromatic rings. The second kappa shape index (κ2) is 9.18. The highest BCUT2D eigenvalue weighted by Crippen LogP contribution is 2.39. The molecule has 1 heterocycles. The predicted molar refractivity (Wildman–Crippen MR) is 125 cm³/mol. The first kappa shape index (κ1) is 21.5. The molecule has 4 rings (SSSR count). The van der Waals surface area contributed by atoms with Gasteiger partial charge in [0.1, 0.15) is 11.6 Å². The maximum absolute atomic E-state index is 13.8. The molecule has 0 radical (unpaired) electrons. The van der Waals surface area contributed by atoms with E-state index in [9.17, 15) is 14.3 Å². The highest BCUT2D eigenvalue weighted by molar-refractivity contribution is 6.04. The Kier molecular flexibility index (Phi) is 6.17. The second-order valence-electron chi connectivity index (χ2n) is 7.70. The molecule has 3 aromatic carbocycles. The summed E-state index contributed by atoms with van der Waals surface area (Å²) < 4.78 is 20.0. The van der Waals surface area contributed by atoms with Crippen LogP contribution in [-0.2, 0) is 0 Å². The number of carboxylic acids is 1. The molecule has 0 fully saturated rings. The van der Waals surface area contributed by atoms with Gasteiger partial charge in [-0.1, -0.05) is 49.7 Å². The minimum absolute atomic E-state index is 0.00815. The molecule has 0 unspecified atom stereocenters. The van der Waals surface area contributed by atoms with Gasteiger partial charge >= 0.3 is 5.97 Å². The van der Waals surface area contributed by atoms with Gasteiger partial charge in [0, 0.05) is 10.9 Å². The Morgan fingerprint density at radius 1 is 1.03 bits per heavy atom. The molecule has 0 amide bonds. The summed E-state index contributed by atoms with van der Waals surface area (Å²) in [6.45, 7) is 4.65. The van der Waals surface area contributed by atoms with Crippen LogP contribution in [0.3, 0.4) is 0 Å². The fraction of sp³-hybridized carbons (Fsp3) is 0.185. The number of hydrogen-bond donors (Lipinski definition) is 1. The summed E-state index contributed by atoms with van der Waals surface area (Å²) in [6.07, 6.45) is 1.90. The monoisotopic (exact) mass is 429 g/mol. The van der Waals surface area contributed by atoms with E-state index in [1.807, 2.05) is 49.4 Å². The van der Waals surface area contributed by atoms with Crippen LogP contribution in [0.4, 0.5) is 4.39 Å². The minimum Gasteiger partial charge on any atom is -0.493 e. The van der Waals surface area contributed by atoms with Crippen LogP contribution < -0.4 is 4.74 Å². The Hall–Kier alpha value is -3.73. The lowest BCUT2D eigenvalue weighted by Crippen LogP contribution is -2.04. The molecule has 0 aliphatic rings. The molecule has 0 saturated heterocycles. The van der Waals surface area contributed by atoms with Crippen LogP contribution >= 0.6 is 0 Å². The molecule has 0 saturated carbocycles. The van der Waals surface area contributed by atoms with Crippen molar-refractivity contribution >= 4 is 16.9 Å². The van der Waals surface area contributed by atoms with Crippen molar-refractivity contribution in [3.05, 3.63) is 83.7 Å². The number of nitrogens with zero attached hydrogens (tertiary/aromatic N) is 1. The Balaban J connectivity index is 1.92. The van der Waals surface area contributed by atoms with Crippen LogP contribution in [0.15, 0.2) is 66.7 Å². The molecule has 1 aromatic heterocycles. The summed E-state index contributed by atoms with van der Waals surface area (Å²) in [5, 5.41) is 10.0. The molecule has 0 aliphatic carbocycles. The topological polar surface area (TPSA) is 59.4 Å². The van der Waals surface area contributed by atoms with Crippen LogP contribution in [0.25, 0.3) is 33.3 Å². The van der Waals surface area contributed by atoms with Gasteiger partial charge in [0.05, 0.1) is 23.4 Å². The van der Waals surface area contributed by atoms with E-state index in [1.165, 1.54) is 24.3 Å². The van der Waals surface area contributed by atoms with Gasteiger partial charge in [-0.05, 0) is 60.4 Å². The third kappa shape index (κ3) is 4.19. The highest BCUT2D eigenvalue weighted by Gasteiger charge is 2.19. The summed E-state index contributed by atoms with van der Waals surface area (Å²) in [4.78, 5) is 16.6. The van der Waals surface area contributed by atoms with Crippen LogP contribution in [0.2, 0.25) is 0 Å². The summed E-state index contributed by atoms with van der Waals surface area (Å²) in [6, 6.07) is 19.5. The fourth-order valence-electron chi connectivity index (χ4n) is 3.84. The Morgan fingerprint density at radius 3 is 2.50 bits per heavy atom. The van der Waals surface area contributed by atoms with Gasteiger partial charge < -0.3 is 9.84 Å². The van der Waals surface area contributed by atoms with Crippen molar-refractivity contribution in [2.45, 2.75) is 26.7 Å². The van der Waals surface area contributed by atoms with Crippen molar-refractivity contribution in [2.24, 2.45) is 0 Å². The summed E-state index contributed by atoms with van der Waals surface area (Å²) in [5.41, 5.74) is 4.71. The van der Waals surface area contributed by atoms with Crippen molar-refractivity contribution in [3.8, 4) is 28.1 Å². The Morgan fingerprint density at radius 2 is 1.78 bits per heavy atom. The maximum Gasteiger partial charge on any atom is 0.336 e. The molecule has 0 bridgehead atoms. The van der Waals surface area contributed by atoms with Crippen LogP contribution in [-0.4, -0.2) is 22.7 Å². The normalized spacial score (nSPS) is 11.0. The molecule has 1 N–H and O–H groups in total. The van der Waals surface area contributed by atoms with E-state index in [0.29, 0.717) is 29.1 Å². The smallest absolute Gasteiger partial charge is 0.336 e.